The number of aromatic nitrogens is 2. The molecule has 0 bridgehead atoms. The predicted octanol–water partition coefficient (Wildman–Crippen LogP) is 3.12. The van der Waals surface area contributed by atoms with Gasteiger partial charge >= 0.3 is 0 Å². The molecule has 1 saturated heterocycles. The maximum Gasteiger partial charge on any atom is 0.232 e. The number of nitrogens with one attached hydrogen (secondary N) is 1. The van der Waals surface area contributed by atoms with Gasteiger partial charge in [0, 0.05) is 19.2 Å². The van der Waals surface area contributed by atoms with Gasteiger partial charge in [-0.3, -0.25) is 4.79 Å². The average molecular weight is 347 g/mol. The van der Waals surface area contributed by atoms with Crippen LogP contribution in [0, 0.1) is 0 Å². The van der Waals surface area contributed by atoms with E-state index in [2.05, 4.69) is 16.9 Å². The molecule has 0 radical (unpaired) electrons. The third-order valence-electron chi connectivity index (χ3n) is 4.64. The highest BCUT2D eigenvalue weighted by molar-refractivity contribution is 8.00. The van der Waals surface area contributed by atoms with Gasteiger partial charge in [-0.2, -0.15) is 0 Å². The van der Waals surface area contributed by atoms with Crippen molar-refractivity contribution < 1.29 is 9.90 Å². The Morgan fingerprint density at radius 3 is 3.12 bits per heavy atom. The number of aromatic amines is 1. The summed E-state index contributed by atoms with van der Waals surface area (Å²) in [6.45, 7) is 3.15. The van der Waals surface area contributed by atoms with E-state index in [-0.39, 0.29) is 17.8 Å². The minimum Gasteiger partial charge on any atom is -0.396 e. The number of thioether (sulfide) groups is 1. The van der Waals surface area contributed by atoms with Crippen LogP contribution in [0.1, 0.15) is 43.7 Å². The number of aliphatic hydroxyl groups is 1. The van der Waals surface area contributed by atoms with Gasteiger partial charge in [-0.1, -0.05) is 12.1 Å². The molecule has 2 aromatic rings. The molecule has 0 saturated carbocycles. The van der Waals surface area contributed by atoms with E-state index in [1.807, 2.05) is 29.2 Å². The lowest BCUT2D eigenvalue weighted by Gasteiger charge is -2.25. The van der Waals surface area contributed by atoms with Crippen LogP contribution in [0.4, 0.5) is 0 Å². The summed E-state index contributed by atoms with van der Waals surface area (Å²) in [6.07, 6.45) is 3.82. The zero-order valence-electron chi connectivity index (χ0n) is 14.1. The number of benzene rings is 1. The van der Waals surface area contributed by atoms with Crippen LogP contribution >= 0.6 is 11.8 Å². The number of hydrogen-bond donors (Lipinski definition) is 2. The summed E-state index contributed by atoms with van der Waals surface area (Å²) in [5, 5.41) is 9.15. The molecule has 1 aliphatic rings. The van der Waals surface area contributed by atoms with Gasteiger partial charge in [0.2, 0.25) is 5.91 Å². The van der Waals surface area contributed by atoms with E-state index in [1.165, 1.54) is 0 Å². The van der Waals surface area contributed by atoms with Crippen molar-refractivity contribution in [3.05, 3.63) is 30.1 Å². The first-order valence-corrected chi connectivity index (χ1v) is 9.70. The van der Waals surface area contributed by atoms with Crippen molar-refractivity contribution >= 4 is 28.7 Å². The first-order valence-electron chi connectivity index (χ1n) is 8.65. The van der Waals surface area contributed by atoms with Crippen molar-refractivity contribution in [1.29, 1.82) is 0 Å². The third kappa shape index (κ3) is 3.92. The van der Waals surface area contributed by atoms with Crippen molar-refractivity contribution in [2.75, 3.05) is 18.9 Å². The SMILES string of the molecule is CC(SCC(=O)N1CCCC1CCCO)c1nc2ccccc2[nH]1. The van der Waals surface area contributed by atoms with E-state index in [1.54, 1.807) is 11.8 Å². The maximum absolute atomic E-state index is 12.5. The van der Waals surface area contributed by atoms with E-state index >= 15 is 0 Å². The number of aliphatic hydroxyl groups excluding tert-OH is 1. The van der Waals surface area contributed by atoms with Gasteiger partial charge in [0.15, 0.2) is 0 Å². The number of nitrogens with zero attached hydrogens (tertiary/aromatic N) is 2. The second kappa shape index (κ2) is 8.03. The highest BCUT2D eigenvalue weighted by Gasteiger charge is 2.28. The lowest BCUT2D eigenvalue weighted by atomic mass is 10.1. The molecule has 0 aliphatic carbocycles. The summed E-state index contributed by atoms with van der Waals surface area (Å²) in [7, 11) is 0. The number of fused-ring (bicyclic) bond motifs is 1. The Balaban J connectivity index is 1.55. The molecule has 1 aromatic heterocycles. The molecule has 1 aliphatic heterocycles. The Morgan fingerprint density at radius 1 is 1.50 bits per heavy atom. The van der Waals surface area contributed by atoms with Crippen LogP contribution in [0.3, 0.4) is 0 Å². The van der Waals surface area contributed by atoms with Gasteiger partial charge in [0.1, 0.15) is 5.82 Å². The van der Waals surface area contributed by atoms with E-state index < -0.39 is 0 Å². The molecule has 2 unspecified atom stereocenters. The quantitative estimate of drug-likeness (QED) is 0.807. The first-order chi connectivity index (χ1) is 11.7. The predicted molar refractivity (Wildman–Crippen MR) is 98.0 cm³/mol. The van der Waals surface area contributed by atoms with Crippen LogP contribution in [0.2, 0.25) is 0 Å². The molecule has 24 heavy (non-hydrogen) atoms. The van der Waals surface area contributed by atoms with Gasteiger partial charge in [0.25, 0.3) is 0 Å². The smallest absolute Gasteiger partial charge is 0.232 e. The summed E-state index contributed by atoms with van der Waals surface area (Å²) in [5.41, 5.74) is 2.00. The van der Waals surface area contributed by atoms with Gasteiger partial charge in [-0.05, 0) is 44.7 Å². The van der Waals surface area contributed by atoms with Crippen LogP contribution in [0.5, 0.6) is 0 Å². The molecule has 2 atom stereocenters. The fourth-order valence-corrected chi connectivity index (χ4v) is 4.14. The second-order valence-corrected chi connectivity index (χ2v) is 7.67. The van der Waals surface area contributed by atoms with Crippen molar-refractivity contribution in [2.45, 2.75) is 43.9 Å². The fraction of sp³-hybridized carbons (Fsp3) is 0.556. The molecule has 1 fully saturated rings. The summed E-state index contributed by atoms with van der Waals surface area (Å²) in [6, 6.07) is 8.30. The topological polar surface area (TPSA) is 69.2 Å². The number of rotatable bonds is 7. The van der Waals surface area contributed by atoms with Gasteiger partial charge in [-0.15, -0.1) is 11.8 Å². The zero-order chi connectivity index (χ0) is 16.9. The highest BCUT2D eigenvalue weighted by atomic mass is 32.2. The first kappa shape index (κ1) is 17.3. The van der Waals surface area contributed by atoms with Crippen molar-refractivity contribution in [1.82, 2.24) is 14.9 Å². The Kier molecular flexibility index (Phi) is 5.79. The number of amides is 1. The normalized spacial score (nSPS) is 19.1. The molecule has 130 valence electrons. The highest BCUT2D eigenvalue weighted by Crippen LogP contribution is 2.29. The molecular weight excluding hydrogens is 322 g/mol. The van der Waals surface area contributed by atoms with Gasteiger partial charge in [0.05, 0.1) is 22.0 Å². The third-order valence-corrected chi connectivity index (χ3v) is 5.78. The summed E-state index contributed by atoms with van der Waals surface area (Å²) in [4.78, 5) is 22.5. The number of hydrogen-bond acceptors (Lipinski definition) is 4. The van der Waals surface area contributed by atoms with E-state index in [0.717, 1.165) is 49.1 Å². The largest absolute Gasteiger partial charge is 0.396 e. The molecule has 3 rings (SSSR count). The molecule has 1 aromatic carbocycles. The molecule has 2 N–H and O–H groups in total. The Morgan fingerprint density at radius 2 is 2.33 bits per heavy atom. The minimum absolute atomic E-state index is 0.153. The molecule has 2 heterocycles. The number of H-pyrrole nitrogens is 1. The van der Waals surface area contributed by atoms with Crippen LogP contribution < -0.4 is 0 Å². The van der Waals surface area contributed by atoms with Crippen molar-refractivity contribution in [3.63, 3.8) is 0 Å². The molecular formula is C18H25N3O2S. The summed E-state index contributed by atoms with van der Waals surface area (Å²) >= 11 is 1.63. The van der Waals surface area contributed by atoms with Gasteiger partial charge in [-0.25, -0.2) is 4.98 Å². The summed E-state index contributed by atoms with van der Waals surface area (Å²) in [5.74, 6) is 1.61. The molecule has 0 spiro atoms. The lowest BCUT2D eigenvalue weighted by Crippen LogP contribution is -2.36. The lowest BCUT2D eigenvalue weighted by molar-refractivity contribution is -0.129. The minimum atomic E-state index is 0.153. The fourth-order valence-electron chi connectivity index (χ4n) is 3.31. The van der Waals surface area contributed by atoms with Crippen LogP contribution in [-0.2, 0) is 4.79 Å². The summed E-state index contributed by atoms with van der Waals surface area (Å²) < 4.78 is 0. The number of likely N-dealkylation sites (tertiary alicyclic amines) is 1. The Labute approximate surface area is 146 Å². The van der Waals surface area contributed by atoms with Gasteiger partial charge < -0.3 is 15.0 Å². The van der Waals surface area contributed by atoms with Crippen LogP contribution in [0.25, 0.3) is 11.0 Å². The Bertz CT molecular complexity index is 655. The zero-order valence-corrected chi connectivity index (χ0v) is 14.9. The van der Waals surface area contributed by atoms with Crippen molar-refractivity contribution in [2.24, 2.45) is 0 Å². The molecule has 6 heteroatoms. The number of carbonyl (C=O) groups excluding carboxylic acids is 1. The maximum atomic E-state index is 12.5. The molecule has 1 amide bonds. The standard InChI is InChI=1S/C18H25N3O2S/c1-13(18-19-15-8-2-3-9-16(15)20-18)24-12-17(23)21-10-4-6-14(21)7-5-11-22/h2-3,8-9,13-14,22H,4-7,10-12H2,1H3,(H,19,20). The number of carbonyl (C=O) groups is 1. The second-order valence-electron chi connectivity index (χ2n) is 6.34. The van der Waals surface area contributed by atoms with Crippen LogP contribution in [-0.4, -0.2) is 50.8 Å². The van der Waals surface area contributed by atoms with Crippen molar-refractivity contribution in [3.8, 4) is 0 Å². The molecule has 5 nitrogen and oxygen atoms in total. The number of para-hydroxylation sites is 2. The van der Waals surface area contributed by atoms with E-state index in [4.69, 9.17) is 5.11 Å². The average Bonchev–Trinajstić information content (AvgIpc) is 3.23. The number of imidazole rings is 1. The van der Waals surface area contributed by atoms with E-state index in [0.29, 0.717) is 11.8 Å². The monoisotopic (exact) mass is 347 g/mol. The van der Waals surface area contributed by atoms with Crippen LogP contribution in [0.15, 0.2) is 24.3 Å². The van der Waals surface area contributed by atoms with E-state index in [9.17, 15) is 4.79 Å². The Hall–Kier alpha value is -1.53.